The summed E-state index contributed by atoms with van der Waals surface area (Å²) < 4.78 is 32.9. The Morgan fingerprint density at radius 3 is 2.24 bits per heavy atom. The highest BCUT2D eigenvalue weighted by atomic mass is 79.9. The van der Waals surface area contributed by atoms with Crippen LogP contribution in [-0.4, -0.2) is 33.9 Å². The molecule has 3 rings (SSSR count). The molecule has 1 fully saturated rings. The summed E-state index contributed by atoms with van der Waals surface area (Å²) in [6.07, 6.45) is 0. The molecule has 0 spiro atoms. The molecule has 0 aliphatic heterocycles. The Morgan fingerprint density at radius 1 is 1.12 bits per heavy atom. The molecule has 6 heteroatoms. The molecule has 1 aliphatic rings. The molecular weight excluding hydrogens is 402 g/mol. The Hall–Kier alpha value is -1.21. The van der Waals surface area contributed by atoms with E-state index in [9.17, 15) is 8.42 Å². The van der Waals surface area contributed by atoms with Crippen molar-refractivity contribution < 1.29 is 13.2 Å². The van der Waals surface area contributed by atoms with Crippen molar-refractivity contribution in [3.63, 3.8) is 0 Å². The first kappa shape index (κ1) is 18.6. The second kappa shape index (κ2) is 6.83. The van der Waals surface area contributed by atoms with Gasteiger partial charge in [-0.15, -0.1) is 0 Å². The summed E-state index contributed by atoms with van der Waals surface area (Å²) in [4.78, 5) is 0.344. The molecule has 0 amide bonds. The van der Waals surface area contributed by atoms with E-state index in [1.165, 1.54) is 0 Å². The van der Waals surface area contributed by atoms with Crippen LogP contribution >= 0.6 is 15.9 Å². The Morgan fingerprint density at radius 2 is 1.72 bits per heavy atom. The number of nitrogens with two attached hydrogens (primary N) is 1. The Kier molecular flexibility index (Phi) is 5.08. The highest BCUT2D eigenvalue weighted by Crippen LogP contribution is 2.63. The molecule has 3 atom stereocenters. The van der Waals surface area contributed by atoms with Crippen LogP contribution in [0.2, 0.25) is 0 Å². The van der Waals surface area contributed by atoms with E-state index < -0.39 is 20.5 Å². The molecule has 2 aromatic rings. The van der Waals surface area contributed by atoms with Crippen LogP contribution < -0.4 is 5.73 Å². The third kappa shape index (κ3) is 3.16. The fourth-order valence-electron chi connectivity index (χ4n) is 3.74. The zero-order valence-electron chi connectivity index (χ0n) is 14.3. The molecule has 25 heavy (non-hydrogen) atoms. The molecule has 1 saturated carbocycles. The standard InChI is InChI=1S/C19H22BrNO3S/c1-13-3-9-16(10-4-13)25(22,23)18-17(19(18,11-21)12-24-2)14-5-7-15(20)8-6-14/h3-10,17-18H,11-12,21H2,1-2H3. The summed E-state index contributed by atoms with van der Waals surface area (Å²) >= 11 is 3.42. The normalized spacial score (nSPS) is 25.8. The number of aryl methyl sites for hydroxylation is 1. The second-order valence-corrected chi connectivity index (χ2v) is 9.66. The van der Waals surface area contributed by atoms with Gasteiger partial charge in [0.25, 0.3) is 0 Å². The molecule has 2 N–H and O–H groups in total. The number of sulfone groups is 1. The number of benzene rings is 2. The van der Waals surface area contributed by atoms with E-state index in [2.05, 4.69) is 15.9 Å². The summed E-state index contributed by atoms with van der Waals surface area (Å²) in [5.41, 5.74) is 7.46. The second-order valence-electron chi connectivity index (χ2n) is 6.68. The van der Waals surface area contributed by atoms with Crippen molar-refractivity contribution in [1.82, 2.24) is 0 Å². The molecule has 0 saturated heterocycles. The van der Waals surface area contributed by atoms with Crippen molar-refractivity contribution in [1.29, 1.82) is 0 Å². The Balaban J connectivity index is 2.05. The molecule has 0 heterocycles. The van der Waals surface area contributed by atoms with Gasteiger partial charge < -0.3 is 10.5 Å². The van der Waals surface area contributed by atoms with E-state index in [4.69, 9.17) is 10.5 Å². The van der Waals surface area contributed by atoms with Crippen LogP contribution in [0.3, 0.4) is 0 Å². The van der Waals surface area contributed by atoms with Crippen LogP contribution in [0.4, 0.5) is 0 Å². The van der Waals surface area contributed by atoms with Crippen LogP contribution in [0.15, 0.2) is 57.9 Å². The molecule has 3 unspecified atom stereocenters. The first-order chi connectivity index (χ1) is 11.9. The maximum absolute atomic E-state index is 13.3. The number of halogens is 1. The predicted molar refractivity (Wildman–Crippen MR) is 102 cm³/mol. The number of rotatable bonds is 6. The maximum atomic E-state index is 13.3. The Bertz CT molecular complexity index is 849. The van der Waals surface area contributed by atoms with Crippen molar-refractivity contribution in [2.75, 3.05) is 20.3 Å². The number of methoxy groups -OCH3 is 1. The summed E-state index contributed by atoms with van der Waals surface area (Å²) in [6, 6.07) is 14.8. The van der Waals surface area contributed by atoms with Gasteiger partial charge in [-0.2, -0.15) is 0 Å². The van der Waals surface area contributed by atoms with E-state index in [0.29, 0.717) is 11.5 Å². The fraction of sp³-hybridized carbons (Fsp3) is 0.368. The van der Waals surface area contributed by atoms with E-state index >= 15 is 0 Å². The molecule has 0 bridgehead atoms. The van der Waals surface area contributed by atoms with Crippen molar-refractivity contribution in [2.24, 2.45) is 11.1 Å². The van der Waals surface area contributed by atoms with Gasteiger partial charge in [0.15, 0.2) is 9.84 Å². The average molecular weight is 424 g/mol. The van der Waals surface area contributed by atoms with Gasteiger partial charge in [-0.1, -0.05) is 45.8 Å². The highest BCUT2D eigenvalue weighted by molar-refractivity contribution is 9.10. The van der Waals surface area contributed by atoms with Crippen LogP contribution in [0.1, 0.15) is 17.0 Å². The number of hydrogen-bond acceptors (Lipinski definition) is 4. The number of ether oxygens (including phenoxy) is 1. The van der Waals surface area contributed by atoms with Crippen LogP contribution in [-0.2, 0) is 14.6 Å². The van der Waals surface area contributed by atoms with Gasteiger partial charge in [0.05, 0.1) is 16.8 Å². The first-order valence-electron chi connectivity index (χ1n) is 8.12. The lowest BCUT2D eigenvalue weighted by Crippen LogP contribution is -2.28. The van der Waals surface area contributed by atoms with E-state index in [1.807, 2.05) is 43.3 Å². The van der Waals surface area contributed by atoms with Gasteiger partial charge in [0.1, 0.15) is 0 Å². The fourth-order valence-corrected chi connectivity index (χ4v) is 6.45. The lowest BCUT2D eigenvalue weighted by atomic mass is 10.0. The van der Waals surface area contributed by atoms with Crippen molar-refractivity contribution >= 4 is 25.8 Å². The van der Waals surface area contributed by atoms with Crippen molar-refractivity contribution in [3.8, 4) is 0 Å². The van der Waals surface area contributed by atoms with Gasteiger partial charge in [0, 0.05) is 29.5 Å². The topological polar surface area (TPSA) is 69.4 Å². The molecule has 0 radical (unpaired) electrons. The quantitative estimate of drug-likeness (QED) is 0.773. The van der Waals surface area contributed by atoms with Crippen molar-refractivity contribution in [3.05, 3.63) is 64.1 Å². The largest absolute Gasteiger partial charge is 0.384 e. The highest BCUT2D eigenvalue weighted by Gasteiger charge is 2.70. The molecular formula is C19H22BrNO3S. The molecule has 0 aromatic heterocycles. The zero-order chi connectivity index (χ0) is 18.2. The maximum Gasteiger partial charge on any atom is 0.182 e. The molecule has 4 nitrogen and oxygen atoms in total. The molecule has 2 aromatic carbocycles. The summed E-state index contributed by atoms with van der Waals surface area (Å²) in [7, 11) is -1.92. The van der Waals surface area contributed by atoms with Crippen LogP contribution in [0.5, 0.6) is 0 Å². The lowest BCUT2D eigenvalue weighted by Gasteiger charge is -2.15. The summed E-state index contributed by atoms with van der Waals surface area (Å²) in [6.45, 7) is 2.52. The smallest absolute Gasteiger partial charge is 0.182 e. The lowest BCUT2D eigenvalue weighted by molar-refractivity contribution is 0.142. The SMILES string of the molecule is COCC1(CN)C(c2ccc(Br)cc2)C1S(=O)(=O)c1ccc(C)cc1. The zero-order valence-corrected chi connectivity index (χ0v) is 16.7. The average Bonchev–Trinajstić information content (AvgIpc) is 3.26. The Labute approximate surface area is 157 Å². The molecule has 134 valence electrons. The van der Waals surface area contributed by atoms with E-state index in [1.54, 1.807) is 19.2 Å². The van der Waals surface area contributed by atoms with E-state index in [-0.39, 0.29) is 12.5 Å². The summed E-state index contributed by atoms with van der Waals surface area (Å²) in [5.74, 6) is -0.170. The third-order valence-electron chi connectivity index (χ3n) is 5.09. The van der Waals surface area contributed by atoms with E-state index in [0.717, 1.165) is 15.6 Å². The minimum atomic E-state index is -3.50. The predicted octanol–water partition coefficient (Wildman–Crippen LogP) is 3.29. The van der Waals surface area contributed by atoms with Gasteiger partial charge >= 0.3 is 0 Å². The monoisotopic (exact) mass is 423 g/mol. The van der Waals surface area contributed by atoms with Crippen LogP contribution in [0.25, 0.3) is 0 Å². The third-order valence-corrected chi connectivity index (χ3v) is 7.95. The minimum absolute atomic E-state index is 0.170. The minimum Gasteiger partial charge on any atom is -0.384 e. The first-order valence-corrected chi connectivity index (χ1v) is 10.5. The van der Waals surface area contributed by atoms with Gasteiger partial charge in [-0.3, -0.25) is 0 Å². The van der Waals surface area contributed by atoms with Gasteiger partial charge in [-0.05, 0) is 36.8 Å². The molecule has 1 aliphatic carbocycles. The van der Waals surface area contributed by atoms with Crippen LogP contribution in [0, 0.1) is 12.3 Å². The number of hydrogen-bond donors (Lipinski definition) is 1. The van der Waals surface area contributed by atoms with Crippen molar-refractivity contribution in [2.45, 2.75) is 23.0 Å². The van der Waals surface area contributed by atoms with Gasteiger partial charge in [0.2, 0.25) is 0 Å². The summed E-state index contributed by atoms with van der Waals surface area (Å²) in [5, 5.41) is -0.575. The van der Waals surface area contributed by atoms with Gasteiger partial charge in [-0.25, -0.2) is 8.42 Å².